The third-order valence-corrected chi connectivity index (χ3v) is 3.46. The first-order chi connectivity index (χ1) is 11.6. The second-order valence-electron chi connectivity index (χ2n) is 5.90. The first-order valence-corrected chi connectivity index (χ1v) is 7.74. The summed E-state index contributed by atoms with van der Waals surface area (Å²) in [6.07, 6.45) is 5.41. The number of hydrogen-bond acceptors (Lipinski definition) is 5. The summed E-state index contributed by atoms with van der Waals surface area (Å²) in [5.41, 5.74) is 0.537. The molecule has 0 unspecified atom stereocenters. The number of hydrogen-bond donors (Lipinski definition) is 1. The van der Waals surface area contributed by atoms with Crippen LogP contribution in [0.15, 0.2) is 42.9 Å². The SMILES string of the molecule is CC(C)CN(Cc1nn[nH]n1)C(=O)c1ccc(-n2cccc2)nc1. The van der Waals surface area contributed by atoms with Gasteiger partial charge in [-0.1, -0.05) is 19.1 Å². The Morgan fingerprint density at radius 2 is 2.08 bits per heavy atom. The van der Waals surface area contributed by atoms with Crippen LogP contribution in [0.1, 0.15) is 30.0 Å². The van der Waals surface area contributed by atoms with Crippen LogP contribution in [0, 0.1) is 5.92 Å². The van der Waals surface area contributed by atoms with Crippen LogP contribution in [0.5, 0.6) is 0 Å². The Morgan fingerprint density at radius 3 is 2.67 bits per heavy atom. The summed E-state index contributed by atoms with van der Waals surface area (Å²) >= 11 is 0. The highest BCUT2D eigenvalue weighted by Crippen LogP contribution is 2.12. The number of aromatic nitrogens is 6. The summed E-state index contributed by atoms with van der Waals surface area (Å²) in [7, 11) is 0. The maximum Gasteiger partial charge on any atom is 0.255 e. The van der Waals surface area contributed by atoms with Gasteiger partial charge < -0.3 is 9.47 Å². The minimum Gasteiger partial charge on any atom is -0.331 e. The van der Waals surface area contributed by atoms with E-state index in [2.05, 4.69) is 39.5 Å². The van der Waals surface area contributed by atoms with E-state index in [0.717, 1.165) is 5.82 Å². The highest BCUT2D eigenvalue weighted by atomic mass is 16.2. The summed E-state index contributed by atoms with van der Waals surface area (Å²) in [5.74, 6) is 1.49. The number of carbonyl (C=O) groups is 1. The molecule has 0 saturated heterocycles. The maximum atomic E-state index is 12.8. The topological polar surface area (TPSA) is 92.6 Å². The molecule has 8 nitrogen and oxygen atoms in total. The molecule has 3 aromatic rings. The van der Waals surface area contributed by atoms with Gasteiger partial charge in [0.1, 0.15) is 5.82 Å². The van der Waals surface area contributed by atoms with Gasteiger partial charge in [0.15, 0.2) is 5.82 Å². The molecule has 0 aliphatic rings. The second-order valence-corrected chi connectivity index (χ2v) is 5.90. The van der Waals surface area contributed by atoms with Crippen LogP contribution in [0.25, 0.3) is 5.82 Å². The average molecular weight is 325 g/mol. The van der Waals surface area contributed by atoms with Crippen LogP contribution in [-0.4, -0.2) is 47.5 Å². The lowest BCUT2D eigenvalue weighted by atomic mass is 10.1. The lowest BCUT2D eigenvalue weighted by Gasteiger charge is -2.23. The van der Waals surface area contributed by atoms with E-state index in [0.29, 0.717) is 30.4 Å². The molecule has 0 atom stereocenters. The van der Waals surface area contributed by atoms with Crippen LogP contribution in [0.2, 0.25) is 0 Å². The lowest BCUT2D eigenvalue weighted by molar-refractivity contribution is 0.0717. The number of amides is 1. The van der Waals surface area contributed by atoms with Crippen molar-refractivity contribution in [3.05, 3.63) is 54.2 Å². The van der Waals surface area contributed by atoms with Crippen molar-refractivity contribution >= 4 is 5.91 Å². The second kappa shape index (κ2) is 7.03. The van der Waals surface area contributed by atoms with Gasteiger partial charge in [0.05, 0.1) is 12.1 Å². The zero-order chi connectivity index (χ0) is 16.9. The van der Waals surface area contributed by atoms with E-state index in [9.17, 15) is 4.79 Å². The summed E-state index contributed by atoms with van der Waals surface area (Å²) in [6.45, 7) is 5.04. The normalized spacial score (nSPS) is 11.0. The molecule has 3 aromatic heterocycles. The molecule has 0 aliphatic heterocycles. The molecule has 0 saturated carbocycles. The van der Waals surface area contributed by atoms with Gasteiger partial charge in [0.2, 0.25) is 0 Å². The van der Waals surface area contributed by atoms with Gasteiger partial charge in [-0.3, -0.25) is 4.79 Å². The summed E-state index contributed by atoms with van der Waals surface area (Å²) in [6, 6.07) is 7.47. The van der Waals surface area contributed by atoms with Crippen molar-refractivity contribution in [1.29, 1.82) is 0 Å². The lowest BCUT2D eigenvalue weighted by Crippen LogP contribution is -2.34. The van der Waals surface area contributed by atoms with Gasteiger partial charge in [0.25, 0.3) is 5.91 Å². The Hall–Kier alpha value is -3.03. The van der Waals surface area contributed by atoms with Crippen LogP contribution >= 0.6 is 0 Å². The number of tetrazole rings is 1. The average Bonchev–Trinajstić information content (AvgIpc) is 3.27. The molecule has 0 spiro atoms. The zero-order valence-electron chi connectivity index (χ0n) is 13.6. The van der Waals surface area contributed by atoms with Crippen molar-refractivity contribution in [2.75, 3.05) is 6.54 Å². The van der Waals surface area contributed by atoms with Gasteiger partial charge >= 0.3 is 0 Å². The summed E-state index contributed by atoms with van der Waals surface area (Å²) in [5, 5.41) is 13.8. The Morgan fingerprint density at radius 1 is 1.29 bits per heavy atom. The molecule has 0 bridgehead atoms. The molecule has 0 radical (unpaired) electrons. The fraction of sp³-hybridized carbons (Fsp3) is 0.312. The standard InChI is InChI=1S/C16H19N7O/c1-12(2)10-23(11-14-18-20-21-19-14)16(24)13-5-6-15(17-9-13)22-7-3-4-8-22/h3-9,12H,10-11H2,1-2H3,(H,18,19,20,21). The van der Waals surface area contributed by atoms with E-state index in [1.54, 1.807) is 17.2 Å². The number of H-pyrrole nitrogens is 1. The molecule has 0 aromatic carbocycles. The van der Waals surface area contributed by atoms with E-state index < -0.39 is 0 Å². The Balaban J connectivity index is 1.78. The predicted octanol–water partition coefficient (Wildman–Crippen LogP) is 1.68. The van der Waals surface area contributed by atoms with Gasteiger partial charge in [-0.15, -0.1) is 10.2 Å². The molecular formula is C16H19N7O. The number of nitrogens with zero attached hydrogens (tertiary/aromatic N) is 6. The fourth-order valence-electron chi connectivity index (χ4n) is 2.42. The van der Waals surface area contributed by atoms with Crippen LogP contribution in [-0.2, 0) is 6.54 Å². The highest BCUT2D eigenvalue weighted by molar-refractivity contribution is 5.94. The summed E-state index contributed by atoms with van der Waals surface area (Å²) in [4.78, 5) is 18.9. The number of aromatic amines is 1. The minimum atomic E-state index is -0.0972. The summed E-state index contributed by atoms with van der Waals surface area (Å²) < 4.78 is 1.89. The Bertz CT molecular complexity index is 763. The zero-order valence-corrected chi connectivity index (χ0v) is 13.6. The van der Waals surface area contributed by atoms with Crippen LogP contribution in [0.3, 0.4) is 0 Å². The van der Waals surface area contributed by atoms with Crippen molar-refractivity contribution in [1.82, 2.24) is 35.1 Å². The molecule has 0 aliphatic carbocycles. The molecule has 24 heavy (non-hydrogen) atoms. The smallest absolute Gasteiger partial charge is 0.255 e. The number of nitrogens with one attached hydrogen (secondary N) is 1. The quantitative estimate of drug-likeness (QED) is 0.744. The van der Waals surface area contributed by atoms with E-state index in [4.69, 9.17) is 0 Å². The predicted molar refractivity (Wildman–Crippen MR) is 87.3 cm³/mol. The first kappa shape index (κ1) is 15.9. The molecule has 124 valence electrons. The molecular weight excluding hydrogens is 306 g/mol. The Labute approximate surface area is 139 Å². The first-order valence-electron chi connectivity index (χ1n) is 7.74. The van der Waals surface area contributed by atoms with E-state index in [-0.39, 0.29) is 5.91 Å². The van der Waals surface area contributed by atoms with Gasteiger partial charge in [-0.2, -0.15) is 5.21 Å². The van der Waals surface area contributed by atoms with Gasteiger partial charge in [-0.25, -0.2) is 4.98 Å². The van der Waals surface area contributed by atoms with Crippen molar-refractivity contribution < 1.29 is 4.79 Å². The minimum absolute atomic E-state index is 0.0972. The van der Waals surface area contributed by atoms with Crippen molar-refractivity contribution in [2.24, 2.45) is 5.92 Å². The van der Waals surface area contributed by atoms with Crippen molar-refractivity contribution in [3.63, 3.8) is 0 Å². The van der Waals surface area contributed by atoms with Crippen molar-refractivity contribution in [3.8, 4) is 5.82 Å². The molecule has 1 N–H and O–H groups in total. The van der Waals surface area contributed by atoms with E-state index in [1.807, 2.05) is 35.2 Å². The van der Waals surface area contributed by atoms with Crippen LogP contribution in [0.4, 0.5) is 0 Å². The fourth-order valence-corrected chi connectivity index (χ4v) is 2.42. The third-order valence-electron chi connectivity index (χ3n) is 3.46. The van der Waals surface area contributed by atoms with E-state index >= 15 is 0 Å². The van der Waals surface area contributed by atoms with Crippen molar-refractivity contribution in [2.45, 2.75) is 20.4 Å². The Kier molecular flexibility index (Phi) is 4.64. The molecule has 3 rings (SSSR count). The molecule has 0 fully saturated rings. The maximum absolute atomic E-state index is 12.8. The number of rotatable bonds is 6. The van der Waals surface area contributed by atoms with Crippen LogP contribution < -0.4 is 0 Å². The highest BCUT2D eigenvalue weighted by Gasteiger charge is 2.19. The van der Waals surface area contributed by atoms with Gasteiger partial charge in [0, 0.05) is 25.1 Å². The largest absolute Gasteiger partial charge is 0.331 e. The molecule has 3 heterocycles. The number of carbonyl (C=O) groups excluding carboxylic acids is 1. The van der Waals surface area contributed by atoms with Gasteiger partial charge in [-0.05, 0) is 30.2 Å². The monoisotopic (exact) mass is 325 g/mol. The molecule has 1 amide bonds. The number of pyridine rings is 1. The molecule has 8 heteroatoms. The third kappa shape index (κ3) is 3.65. The van der Waals surface area contributed by atoms with E-state index in [1.165, 1.54) is 0 Å².